The first-order chi connectivity index (χ1) is 5.74. The van der Waals surface area contributed by atoms with Gasteiger partial charge in [-0.2, -0.15) is 0 Å². The fourth-order valence-electron chi connectivity index (χ4n) is 0.987. The minimum absolute atomic E-state index is 0.121. The van der Waals surface area contributed by atoms with Crippen LogP contribution in [0, 0.1) is 5.92 Å². The number of rotatable bonds is 3. The minimum Gasteiger partial charge on any atom is -0.469 e. The lowest BCUT2D eigenvalue weighted by Crippen LogP contribution is -2.17. The molecule has 0 N–H and O–H groups in total. The van der Waals surface area contributed by atoms with E-state index in [1.807, 2.05) is 17.7 Å². The number of aromatic nitrogens is 2. The van der Waals surface area contributed by atoms with Crippen molar-refractivity contribution in [1.29, 1.82) is 0 Å². The highest BCUT2D eigenvalue weighted by Gasteiger charge is 2.12. The van der Waals surface area contributed by atoms with E-state index in [1.54, 1.807) is 12.5 Å². The molecule has 66 valence electrons. The Labute approximate surface area is 71.2 Å². The van der Waals surface area contributed by atoms with Crippen LogP contribution in [0.2, 0.25) is 0 Å². The van der Waals surface area contributed by atoms with Gasteiger partial charge < -0.3 is 9.30 Å². The summed E-state index contributed by atoms with van der Waals surface area (Å²) >= 11 is 0. The molecule has 0 amide bonds. The summed E-state index contributed by atoms with van der Waals surface area (Å²) < 4.78 is 6.44. The Balaban J connectivity index is 2.47. The Kier molecular flexibility index (Phi) is 2.85. The maximum Gasteiger partial charge on any atom is 0.310 e. The number of carbonyl (C=O) groups excluding carboxylic acids is 1. The minimum atomic E-state index is -0.191. The first kappa shape index (κ1) is 8.77. The zero-order chi connectivity index (χ0) is 8.97. The predicted molar refractivity (Wildman–Crippen MR) is 43.4 cm³/mol. The highest BCUT2D eigenvalue weighted by molar-refractivity contribution is 5.71. The molecule has 1 aromatic heterocycles. The second-order valence-corrected chi connectivity index (χ2v) is 2.68. The molecule has 4 nitrogen and oxygen atoms in total. The molecule has 1 aromatic rings. The number of esters is 1. The Hall–Kier alpha value is -1.32. The van der Waals surface area contributed by atoms with Crippen molar-refractivity contribution in [3.8, 4) is 0 Å². The summed E-state index contributed by atoms with van der Waals surface area (Å²) in [5, 5.41) is 0. The van der Waals surface area contributed by atoms with Gasteiger partial charge in [-0.25, -0.2) is 4.98 Å². The molecule has 0 saturated heterocycles. The standard InChI is InChI=1S/C8H12N2O2/c1-7(8(11)12-2)5-10-4-3-9-6-10/h3-4,6-7H,5H2,1-2H3/t7-/m1/s1. The first-order valence-corrected chi connectivity index (χ1v) is 3.77. The third-order valence-corrected chi connectivity index (χ3v) is 1.65. The molecular weight excluding hydrogens is 156 g/mol. The second-order valence-electron chi connectivity index (χ2n) is 2.68. The molecule has 0 aliphatic rings. The van der Waals surface area contributed by atoms with Crippen LogP contribution >= 0.6 is 0 Å². The van der Waals surface area contributed by atoms with Crippen LogP contribution in [0.3, 0.4) is 0 Å². The summed E-state index contributed by atoms with van der Waals surface area (Å²) in [4.78, 5) is 14.9. The first-order valence-electron chi connectivity index (χ1n) is 3.77. The summed E-state index contributed by atoms with van der Waals surface area (Å²) in [7, 11) is 1.40. The predicted octanol–water partition coefficient (Wildman–Crippen LogP) is 0.692. The largest absolute Gasteiger partial charge is 0.469 e. The maximum atomic E-state index is 11.0. The third-order valence-electron chi connectivity index (χ3n) is 1.65. The molecule has 4 heteroatoms. The fraction of sp³-hybridized carbons (Fsp3) is 0.500. The quantitative estimate of drug-likeness (QED) is 0.624. The highest BCUT2D eigenvalue weighted by atomic mass is 16.5. The van der Waals surface area contributed by atoms with Gasteiger partial charge in [-0.15, -0.1) is 0 Å². The molecule has 0 aliphatic carbocycles. The molecule has 0 aromatic carbocycles. The van der Waals surface area contributed by atoms with Crippen LogP contribution in [0.1, 0.15) is 6.92 Å². The second kappa shape index (κ2) is 3.90. The van der Waals surface area contributed by atoms with Gasteiger partial charge in [0.2, 0.25) is 0 Å². The smallest absolute Gasteiger partial charge is 0.310 e. The normalized spacial score (nSPS) is 12.5. The fourth-order valence-corrected chi connectivity index (χ4v) is 0.987. The zero-order valence-corrected chi connectivity index (χ0v) is 7.23. The molecule has 12 heavy (non-hydrogen) atoms. The average Bonchev–Trinajstić information content (AvgIpc) is 2.55. The number of hydrogen-bond donors (Lipinski definition) is 0. The van der Waals surface area contributed by atoms with Crippen molar-refractivity contribution in [2.24, 2.45) is 5.92 Å². The van der Waals surface area contributed by atoms with Gasteiger partial charge in [-0.3, -0.25) is 4.79 Å². The van der Waals surface area contributed by atoms with Crippen LogP contribution in [0.5, 0.6) is 0 Å². The van der Waals surface area contributed by atoms with E-state index < -0.39 is 0 Å². The molecule has 0 bridgehead atoms. The topological polar surface area (TPSA) is 44.1 Å². The molecule has 1 atom stereocenters. The molecule has 0 saturated carbocycles. The summed E-state index contributed by atoms with van der Waals surface area (Å²) in [5.74, 6) is -0.312. The van der Waals surface area contributed by atoms with Gasteiger partial charge in [-0.05, 0) is 0 Å². The number of hydrogen-bond acceptors (Lipinski definition) is 3. The van der Waals surface area contributed by atoms with E-state index in [4.69, 9.17) is 0 Å². The molecule has 0 aliphatic heterocycles. The van der Waals surface area contributed by atoms with Crippen molar-refractivity contribution < 1.29 is 9.53 Å². The number of methoxy groups -OCH3 is 1. The Bertz CT molecular complexity index is 244. The van der Waals surface area contributed by atoms with E-state index in [-0.39, 0.29) is 11.9 Å². The average molecular weight is 168 g/mol. The monoisotopic (exact) mass is 168 g/mol. The summed E-state index contributed by atoms with van der Waals surface area (Å²) in [6, 6.07) is 0. The van der Waals surface area contributed by atoms with Gasteiger partial charge >= 0.3 is 5.97 Å². The van der Waals surface area contributed by atoms with Crippen LogP contribution in [0.15, 0.2) is 18.7 Å². The number of imidazole rings is 1. The number of ether oxygens (including phenoxy) is 1. The number of nitrogens with zero attached hydrogens (tertiary/aromatic N) is 2. The van der Waals surface area contributed by atoms with Gasteiger partial charge in [0.25, 0.3) is 0 Å². The molecular formula is C8H12N2O2. The van der Waals surface area contributed by atoms with Crippen LogP contribution in [0.4, 0.5) is 0 Å². The van der Waals surface area contributed by atoms with Gasteiger partial charge in [0.05, 0.1) is 19.4 Å². The van der Waals surface area contributed by atoms with Crippen LogP contribution in [-0.2, 0) is 16.1 Å². The highest BCUT2D eigenvalue weighted by Crippen LogP contribution is 2.01. The lowest BCUT2D eigenvalue weighted by Gasteiger charge is -2.08. The Morgan fingerprint density at radius 3 is 3.00 bits per heavy atom. The van der Waals surface area contributed by atoms with E-state index in [9.17, 15) is 4.79 Å². The molecule has 1 rings (SSSR count). The van der Waals surface area contributed by atoms with Crippen LogP contribution < -0.4 is 0 Å². The zero-order valence-electron chi connectivity index (χ0n) is 7.23. The van der Waals surface area contributed by atoms with Crippen molar-refractivity contribution in [3.63, 3.8) is 0 Å². The van der Waals surface area contributed by atoms with E-state index >= 15 is 0 Å². The Morgan fingerprint density at radius 1 is 1.75 bits per heavy atom. The van der Waals surface area contributed by atoms with Gasteiger partial charge in [0, 0.05) is 18.9 Å². The number of carbonyl (C=O) groups is 1. The van der Waals surface area contributed by atoms with Gasteiger partial charge in [0.15, 0.2) is 0 Å². The summed E-state index contributed by atoms with van der Waals surface area (Å²) in [6.07, 6.45) is 5.18. The third kappa shape index (κ3) is 2.08. The van der Waals surface area contributed by atoms with Crippen molar-refractivity contribution >= 4 is 5.97 Å². The van der Waals surface area contributed by atoms with Gasteiger partial charge in [0.1, 0.15) is 0 Å². The van der Waals surface area contributed by atoms with Crippen molar-refractivity contribution in [1.82, 2.24) is 9.55 Å². The molecule has 0 radical (unpaired) electrons. The lowest BCUT2D eigenvalue weighted by atomic mass is 10.2. The van der Waals surface area contributed by atoms with Crippen LogP contribution in [0.25, 0.3) is 0 Å². The lowest BCUT2D eigenvalue weighted by molar-refractivity contribution is -0.145. The van der Waals surface area contributed by atoms with E-state index in [0.717, 1.165) is 0 Å². The summed E-state index contributed by atoms with van der Waals surface area (Å²) in [5.41, 5.74) is 0. The summed E-state index contributed by atoms with van der Waals surface area (Å²) in [6.45, 7) is 2.44. The van der Waals surface area contributed by atoms with E-state index in [1.165, 1.54) is 7.11 Å². The van der Waals surface area contributed by atoms with Crippen molar-refractivity contribution in [2.45, 2.75) is 13.5 Å². The molecule has 0 fully saturated rings. The maximum absolute atomic E-state index is 11.0. The van der Waals surface area contributed by atoms with E-state index in [2.05, 4.69) is 9.72 Å². The SMILES string of the molecule is COC(=O)[C@H](C)Cn1ccnc1. The van der Waals surface area contributed by atoms with Crippen LogP contribution in [-0.4, -0.2) is 22.6 Å². The molecule has 1 heterocycles. The van der Waals surface area contributed by atoms with Crippen molar-refractivity contribution in [2.75, 3.05) is 7.11 Å². The van der Waals surface area contributed by atoms with E-state index in [0.29, 0.717) is 6.54 Å². The molecule has 0 spiro atoms. The molecule has 0 unspecified atom stereocenters. The van der Waals surface area contributed by atoms with Crippen molar-refractivity contribution in [3.05, 3.63) is 18.7 Å². The van der Waals surface area contributed by atoms with Gasteiger partial charge in [-0.1, -0.05) is 6.92 Å². The Morgan fingerprint density at radius 2 is 2.50 bits per heavy atom.